The number of nitrogens with one attached hydrogen (secondary N) is 1. The van der Waals surface area contributed by atoms with Gasteiger partial charge in [0.15, 0.2) is 0 Å². The molecular formula is C14H15NO4S2. The van der Waals surface area contributed by atoms with Crippen LogP contribution in [0, 0.1) is 5.41 Å². The number of hydrogen-bond acceptors (Lipinski definition) is 5. The average Bonchev–Trinajstić information content (AvgIpc) is 3.07. The summed E-state index contributed by atoms with van der Waals surface area (Å²) >= 11 is 3.03. The molecule has 0 spiro atoms. The number of aliphatic carboxylic acids is 1. The van der Waals surface area contributed by atoms with Crippen molar-refractivity contribution < 1.29 is 19.4 Å². The number of carboxylic acid groups (broad SMARTS) is 1. The predicted molar refractivity (Wildman–Crippen MR) is 82.2 cm³/mol. The van der Waals surface area contributed by atoms with E-state index < -0.39 is 11.4 Å². The van der Waals surface area contributed by atoms with Gasteiger partial charge in [-0.15, -0.1) is 22.7 Å². The Balaban J connectivity index is 1.69. The number of fused-ring (bicyclic) bond motifs is 1. The highest BCUT2D eigenvalue weighted by Crippen LogP contribution is 2.32. The first kappa shape index (κ1) is 14.5. The van der Waals surface area contributed by atoms with Crippen LogP contribution in [0.15, 0.2) is 17.5 Å². The van der Waals surface area contributed by atoms with Gasteiger partial charge in [0.1, 0.15) is 0 Å². The Hall–Kier alpha value is -1.44. The standard InChI is InChI=1S/C14H15NO4S2/c16-12(11-7-10-9(21-11)1-6-20-10)15-8-14(13(17)18)2-4-19-5-3-14/h1,6-7H,2-5,8H2,(H,15,16)(H,17,18). The van der Waals surface area contributed by atoms with Crippen LogP contribution >= 0.6 is 22.7 Å². The molecule has 2 aromatic heterocycles. The highest BCUT2D eigenvalue weighted by atomic mass is 32.1. The molecule has 1 fully saturated rings. The molecule has 0 atom stereocenters. The third-order valence-corrected chi connectivity index (χ3v) is 5.95. The summed E-state index contributed by atoms with van der Waals surface area (Å²) in [7, 11) is 0. The zero-order valence-electron chi connectivity index (χ0n) is 11.3. The highest BCUT2D eigenvalue weighted by Gasteiger charge is 2.40. The number of carboxylic acids is 1. The van der Waals surface area contributed by atoms with Gasteiger partial charge >= 0.3 is 5.97 Å². The number of hydrogen-bond donors (Lipinski definition) is 2. The Morgan fingerprint density at radius 3 is 2.76 bits per heavy atom. The first-order valence-electron chi connectivity index (χ1n) is 6.67. The fourth-order valence-corrected chi connectivity index (χ4v) is 4.47. The molecule has 1 aliphatic rings. The molecule has 2 N–H and O–H groups in total. The fraction of sp³-hybridized carbons (Fsp3) is 0.429. The molecule has 1 aliphatic heterocycles. The topological polar surface area (TPSA) is 75.6 Å². The number of carbonyl (C=O) groups is 2. The van der Waals surface area contributed by atoms with Crippen LogP contribution in [0.2, 0.25) is 0 Å². The van der Waals surface area contributed by atoms with Gasteiger partial charge in [-0.05, 0) is 30.4 Å². The van der Waals surface area contributed by atoms with E-state index in [0.717, 1.165) is 9.40 Å². The summed E-state index contributed by atoms with van der Waals surface area (Å²) in [5, 5.41) is 14.2. The van der Waals surface area contributed by atoms with Crippen LogP contribution in [0.1, 0.15) is 22.5 Å². The molecule has 3 heterocycles. The summed E-state index contributed by atoms with van der Waals surface area (Å²) < 4.78 is 7.40. The van der Waals surface area contributed by atoms with Crippen molar-refractivity contribution in [1.82, 2.24) is 5.32 Å². The van der Waals surface area contributed by atoms with E-state index in [1.807, 2.05) is 17.5 Å². The fourth-order valence-electron chi connectivity index (χ4n) is 2.44. The van der Waals surface area contributed by atoms with Crippen molar-refractivity contribution in [2.45, 2.75) is 12.8 Å². The van der Waals surface area contributed by atoms with Crippen LogP contribution in [0.25, 0.3) is 9.40 Å². The summed E-state index contributed by atoms with van der Waals surface area (Å²) in [6, 6.07) is 3.84. The van der Waals surface area contributed by atoms with Gasteiger partial charge in [-0.2, -0.15) is 0 Å². The van der Waals surface area contributed by atoms with Crippen LogP contribution in [-0.2, 0) is 9.53 Å². The summed E-state index contributed by atoms with van der Waals surface area (Å²) in [5.74, 6) is -1.06. The van der Waals surface area contributed by atoms with Crippen molar-refractivity contribution in [3.05, 3.63) is 22.4 Å². The Morgan fingerprint density at radius 1 is 1.33 bits per heavy atom. The van der Waals surface area contributed by atoms with Crippen molar-refractivity contribution in [2.75, 3.05) is 19.8 Å². The second kappa shape index (κ2) is 5.75. The van der Waals surface area contributed by atoms with Gasteiger partial charge in [-0.3, -0.25) is 9.59 Å². The van der Waals surface area contributed by atoms with Gasteiger partial charge in [0, 0.05) is 29.2 Å². The number of rotatable bonds is 4. The maximum Gasteiger partial charge on any atom is 0.311 e. The van der Waals surface area contributed by atoms with Gasteiger partial charge in [0.2, 0.25) is 0 Å². The molecule has 5 nitrogen and oxygen atoms in total. The van der Waals surface area contributed by atoms with E-state index in [-0.39, 0.29) is 12.5 Å². The van der Waals surface area contributed by atoms with Gasteiger partial charge in [-0.25, -0.2) is 0 Å². The quantitative estimate of drug-likeness (QED) is 0.906. The van der Waals surface area contributed by atoms with E-state index in [0.29, 0.717) is 30.9 Å². The van der Waals surface area contributed by atoms with Crippen molar-refractivity contribution in [3.8, 4) is 0 Å². The second-order valence-electron chi connectivity index (χ2n) is 5.14. The van der Waals surface area contributed by atoms with Crippen LogP contribution in [0.5, 0.6) is 0 Å². The lowest BCUT2D eigenvalue weighted by molar-refractivity contribution is -0.154. The Bertz CT molecular complexity index is 641. The molecule has 0 aliphatic carbocycles. The van der Waals surface area contributed by atoms with E-state index in [1.54, 1.807) is 11.3 Å². The zero-order chi connectivity index (χ0) is 14.9. The van der Waals surface area contributed by atoms with Gasteiger partial charge < -0.3 is 15.2 Å². The Kier molecular flexibility index (Phi) is 3.97. The maximum absolute atomic E-state index is 12.2. The first-order valence-corrected chi connectivity index (χ1v) is 8.37. The molecule has 3 rings (SSSR count). The summed E-state index contributed by atoms with van der Waals surface area (Å²) in [6.07, 6.45) is 0.865. The lowest BCUT2D eigenvalue weighted by Gasteiger charge is -2.33. The molecule has 21 heavy (non-hydrogen) atoms. The average molecular weight is 325 g/mol. The van der Waals surface area contributed by atoms with Gasteiger partial charge in [-0.1, -0.05) is 0 Å². The van der Waals surface area contributed by atoms with Crippen LogP contribution in [-0.4, -0.2) is 36.7 Å². The van der Waals surface area contributed by atoms with Gasteiger partial charge in [0.05, 0.1) is 10.3 Å². The lowest BCUT2D eigenvalue weighted by Crippen LogP contribution is -2.46. The van der Waals surface area contributed by atoms with E-state index >= 15 is 0 Å². The summed E-state index contributed by atoms with van der Waals surface area (Å²) in [4.78, 5) is 24.4. The van der Waals surface area contributed by atoms with E-state index in [9.17, 15) is 14.7 Å². The van der Waals surface area contributed by atoms with Crippen molar-refractivity contribution in [2.24, 2.45) is 5.41 Å². The molecule has 0 radical (unpaired) electrons. The maximum atomic E-state index is 12.2. The van der Waals surface area contributed by atoms with Crippen molar-refractivity contribution in [1.29, 1.82) is 0 Å². The van der Waals surface area contributed by atoms with E-state index in [1.165, 1.54) is 11.3 Å². The smallest absolute Gasteiger partial charge is 0.311 e. The molecule has 112 valence electrons. The minimum absolute atomic E-state index is 0.149. The number of ether oxygens (including phenoxy) is 1. The zero-order valence-corrected chi connectivity index (χ0v) is 12.9. The number of amides is 1. The molecule has 0 saturated carbocycles. The number of thiophene rings is 2. The summed E-state index contributed by atoms with van der Waals surface area (Å²) in [5.41, 5.74) is -0.900. The largest absolute Gasteiger partial charge is 0.481 e. The van der Waals surface area contributed by atoms with E-state index in [4.69, 9.17) is 4.74 Å². The molecule has 0 aromatic carbocycles. The second-order valence-corrected chi connectivity index (χ2v) is 7.17. The molecule has 7 heteroatoms. The Morgan fingerprint density at radius 2 is 2.10 bits per heavy atom. The summed E-state index contributed by atoms with van der Waals surface area (Å²) in [6.45, 7) is 1.00. The van der Waals surface area contributed by atoms with E-state index in [2.05, 4.69) is 5.32 Å². The minimum Gasteiger partial charge on any atom is -0.481 e. The molecule has 1 saturated heterocycles. The third kappa shape index (κ3) is 2.81. The first-order chi connectivity index (χ1) is 10.1. The molecular weight excluding hydrogens is 310 g/mol. The lowest BCUT2D eigenvalue weighted by atomic mass is 9.80. The van der Waals surface area contributed by atoms with Crippen molar-refractivity contribution >= 4 is 43.9 Å². The Labute approximate surface area is 129 Å². The molecule has 0 bridgehead atoms. The minimum atomic E-state index is -0.900. The normalized spacial score (nSPS) is 17.7. The number of carbonyl (C=O) groups excluding carboxylic acids is 1. The predicted octanol–water partition coefficient (Wildman–Crippen LogP) is 2.57. The van der Waals surface area contributed by atoms with Crippen LogP contribution < -0.4 is 5.32 Å². The molecule has 0 unspecified atom stereocenters. The monoisotopic (exact) mass is 325 g/mol. The van der Waals surface area contributed by atoms with Crippen LogP contribution in [0.4, 0.5) is 0 Å². The SMILES string of the molecule is O=C(NCC1(C(=O)O)CCOCC1)c1cc2sccc2s1. The molecule has 2 aromatic rings. The third-order valence-electron chi connectivity index (χ3n) is 3.85. The highest BCUT2D eigenvalue weighted by molar-refractivity contribution is 7.27. The van der Waals surface area contributed by atoms with Gasteiger partial charge in [0.25, 0.3) is 5.91 Å². The van der Waals surface area contributed by atoms with Crippen molar-refractivity contribution in [3.63, 3.8) is 0 Å². The van der Waals surface area contributed by atoms with Crippen LogP contribution in [0.3, 0.4) is 0 Å². The molecule has 1 amide bonds.